The molecule has 0 aliphatic rings. The molecule has 2 aromatic carbocycles. The zero-order valence-electron chi connectivity index (χ0n) is 16.9. The summed E-state index contributed by atoms with van der Waals surface area (Å²) in [7, 11) is 1.97. The first-order valence-corrected chi connectivity index (χ1v) is 9.40. The summed E-state index contributed by atoms with van der Waals surface area (Å²) in [6.45, 7) is 6.30. The SMILES string of the molecule is Cc1cc(C)c(Nc2nc(Nc3ccc(C#N)cc3)nc3c2ccn3C)c(C)c1. The Labute approximate surface area is 169 Å². The van der Waals surface area contributed by atoms with Gasteiger partial charge < -0.3 is 15.2 Å². The van der Waals surface area contributed by atoms with Crippen molar-refractivity contribution in [2.75, 3.05) is 10.6 Å². The Morgan fingerprint density at radius 2 is 1.62 bits per heavy atom. The first kappa shape index (κ1) is 18.5. The summed E-state index contributed by atoms with van der Waals surface area (Å²) in [4.78, 5) is 9.41. The molecule has 2 heterocycles. The van der Waals surface area contributed by atoms with Crippen LogP contribution in [0.15, 0.2) is 48.7 Å². The zero-order valence-corrected chi connectivity index (χ0v) is 16.9. The van der Waals surface area contributed by atoms with Crippen LogP contribution in [0, 0.1) is 32.1 Å². The Hall–Kier alpha value is -3.85. The van der Waals surface area contributed by atoms with Gasteiger partial charge in [-0.3, -0.25) is 0 Å². The molecule has 4 aromatic rings. The van der Waals surface area contributed by atoms with Gasteiger partial charge >= 0.3 is 0 Å². The van der Waals surface area contributed by atoms with Crippen LogP contribution in [0.3, 0.4) is 0 Å². The third kappa shape index (κ3) is 3.63. The van der Waals surface area contributed by atoms with Crippen LogP contribution in [0.5, 0.6) is 0 Å². The van der Waals surface area contributed by atoms with Gasteiger partial charge in [-0.05, 0) is 62.2 Å². The van der Waals surface area contributed by atoms with Crippen molar-refractivity contribution in [1.82, 2.24) is 14.5 Å². The van der Waals surface area contributed by atoms with Crippen molar-refractivity contribution in [3.63, 3.8) is 0 Å². The number of nitrogens with one attached hydrogen (secondary N) is 2. The fourth-order valence-electron chi connectivity index (χ4n) is 3.54. The Kier molecular flexibility index (Phi) is 4.65. The van der Waals surface area contributed by atoms with Crippen LogP contribution < -0.4 is 10.6 Å². The highest BCUT2D eigenvalue weighted by Gasteiger charge is 2.13. The monoisotopic (exact) mass is 382 g/mol. The van der Waals surface area contributed by atoms with Crippen LogP contribution in [0.25, 0.3) is 11.0 Å². The number of nitrogens with zero attached hydrogens (tertiary/aromatic N) is 4. The molecular formula is C23H22N6. The largest absolute Gasteiger partial charge is 0.339 e. The zero-order chi connectivity index (χ0) is 20.5. The third-order valence-electron chi connectivity index (χ3n) is 4.92. The second-order valence-corrected chi connectivity index (χ2v) is 7.27. The number of anilines is 4. The van der Waals surface area contributed by atoms with Crippen molar-refractivity contribution in [3.8, 4) is 6.07 Å². The second kappa shape index (κ2) is 7.28. The molecule has 29 heavy (non-hydrogen) atoms. The quantitative estimate of drug-likeness (QED) is 0.504. The van der Waals surface area contributed by atoms with Crippen molar-refractivity contribution in [2.24, 2.45) is 7.05 Å². The van der Waals surface area contributed by atoms with Crippen LogP contribution in [-0.2, 0) is 7.05 Å². The molecule has 0 amide bonds. The van der Waals surface area contributed by atoms with Crippen molar-refractivity contribution in [3.05, 3.63) is 70.9 Å². The van der Waals surface area contributed by atoms with Crippen molar-refractivity contribution in [2.45, 2.75) is 20.8 Å². The predicted molar refractivity (Wildman–Crippen MR) is 117 cm³/mol. The van der Waals surface area contributed by atoms with Crippen LogP contribution in [0.1, 0.15) is 22.3 Å². The fourth-order valence-corrected chi connectivity index (χ4v) is 3.54. The number of hydrogen-bond donors (Lipinski definition) is 2. The number of rotatable bonds is 4. The highest BCUT2D eigenvalue weighted by atomic mass is 15.2. The summed E-state index contributed by atoms with van der Waals surface area (Å²) >= 11 is 0. The Balaban J connectivity index is 1.76. The molecule has 6 nitrogen and oxygen atoms in total. The van der Waals surface area contributed by atoms with Gasteiger partial charge in [-0.25, -0.2) is 0 Å². The first-order valence-electron chi connectivity index (χ1n) is 9.40. The summed E-state index contributed by atoms with van der Waals surface area (Å²) in [5, 5.41) is 16.7. The van der Waals surface area contributed by atoms with Gasteiger partial charge in [0.25, 0.3) is 0 Å². The van der Waals surface area contributed by atoms with Crippen molar-refractivity contribution < 1.29 is 0 Å². The maximum Gasteiger partial charge on any atom is 0.231 e. The molecule has 144 valence electrons. The lowest BCUT2D eigenvalue weighted by molar-refractivity contribution is 0.945. The smallest absolute Gasteiger partial charge is 0.231 e. The first-order chi connectivity index (χ1) is 13.9. The van der Waals surface area contributed by atoms with Crippen LogP contribution in [0.4, 0.5) is 23.1 Å². The Morgan fingerprint density at radius 1 is 0.931 bits per heavy atom. The molecule has 2 N–H and O–H groups in total. The number of hydrogen-bond acceptors (Lipinski definition) is 5. The minimum Gasteiger partial charge on any atom is -0.339 e. The number of aryl methyl sites for hydroxylation is 4. The molecule has 0 unspecified atom stereocenters. The van der Waals surface area contributed by atoms with Gasteiger partial charge in [0.05, 0.1) is 17.0 Å². The molecule has 6 heteroatoms. The molecule has 0 aliphatic heterocycles. The van der Waals surface area contributed by atoms with E-state index in [9.17, 15) is 0 Å². The lowest BCUT2D eigenvalue weighted by atomic mass is 10.1. The highest BCUT2D eigenvalue weighted by molar-refractivity contribution is 5.91. The van der Waals surface area contributed by atoms with E-state index in [0.29, 0.717) is 11.5 Å². The van der Waals surface area contributed by atoms with E-state index in [-0.39, 0.29) is 0 Å². The molecule has 0 spiro atoms. The summed E-state index contributed by atoms with van der Waals surface area (Å²) in [6, 6.07) is 15.7. The van der Waals surface area contributed by atoms with Crippen LogP contribution >= 0.6 is 0 Å². The minimum atomic E-state index is 0.494. The molecular weight excluding hydrogens is 360 g/mol. The lowest BCUT2D eigenvalue weighted by Gasteiger charge is -2.15. The summed E-state index contributed by atoms with van der Waals surface area (Å²) in [5.74, 6) is 1.25. The van der Waals surface area contributed by atoms with Crippen LogP contribution in [-0.4, -0.2) is 14.5 Å². The van der Waals surface area contributed by atoms with Gasteiger partial charge in [-0.1, -0.05) is 17.7 Å². The Bertz CT molecular complexity index is 1220. The summed E-state index contributed by atoms with van der Waals surface area (Å²) in [6.07, 6.45) is 1.98. The minimum absolute atomic E-state index is 0.494. The normalized spacial score (nSPS) is 10.7. The van der Waals surface area contributed by atoms with E-state index in [0.717, 1.165) is 28.2 Å². The fraction of sp³-hybridized carbons (Fsp3) is 0.174. The average molecular weight is 382 g/mol. The van der Waals surface area contributed by atoms with Gasteiger partial charge in [0.2, 0.25) is 5.95 Å². The van der Waals surface area contributed by atoms with E-state index < -0.39 is 0 Å². The van der Waals surface area contributed by atoms with Gasteiger partial charge in [0.1, 0.15) is 11.5 Å². The van der Waals surface area contributed by atoms with E-state index in [4.69, 9.17) is 10.2 Å². The van der Waals surface area contributed by atoms with Gasteiger partial charge in [0.15, 0.2) is 0 Å². The maximum absolute atomic E-state index is 8.98. The predicted octanol–water partition coefficient (Wildman–Crippen LogP) is 5.25. The van der Waals surface area contributed by atoms with E-state index in [1.165, 1.54) is 16.7 Å². The van der Waals surface area contributed by atoms with Crippen molar-refractivity contribution in [1.29, 1.82) is 5.26 Å². The van der Waals surface area contributed by atoms with E-state index in [1.807, 2.05) is 36.0 Å². The molecule has 0 atom stereocenters. The molecule has 0 aliphatic carbocycles. The van der Waals surface area contributed by atoms with Gasteiger partial charge in [-0.15, -0.1) is 0 Å². The molecule has 4 rings (SSSR count). The van der Waals surface area contributed by atoms with E-state index >= 15 is 0 Å². The number of aromatic nitrogens is 3. The lowest BCUT2D eigenvalue weighted by Crippen LogP contribution is -2.05. The molecule has 0 saturated heterocycles. The van der Waals surface area contributed by atoms with Gasteiger partial charge in [0, 0.05) is 24.6 Å². The number of nitriles is 1. The summed E-state index contributed by atoms with van der Waals surface area (Å²) < 4.78 is 1.97. The van der Waals surface area contributed by atoms with Crippen molar-refractivity contribution >= 4 is 34.2 Å². The molecule has 0 fully saturated rings. The average Bonchev–Trinajstić information content (AvgIpc) is 3.06. The van der Waals surface area contributed by atoms with Crippen LogP contribution in [0.2, 0.25) is 0 Å². The molecule has 0 bridgehead atoms. The molecule has 0 radical (unpaired) electrons. The number of benzene rings is 2. The second-order valence-electron chi connectivity index (χ2n) is 7.27. The topological polar surface area (TPSA) is 78.6 Å². The maximum atomic E-state index is 8.98. The highest BCUT2D eigenvalue weighted by Crippen LogP contribution is 2.30. The number of fused-ring (bicyclic) bond motifs is 1. The molecule has 2 aromatic heterocycles. The van der Waals surface area contributed by atoms with E-state index in [1.54, 1.807) is 12.1 Å². The standard InChI is InChI=1S/C23H22N6/c1-14-11-15(2)20(16(3)12-14)26-21-19-9-10-29(4)22(19)28-23(27-21)25-18-7-5-17(13-24)6-8-18/h5-12H,1-4H3,(H2,25,26,27,28). The van der Waals surface area contributed by atoms with E-state index in [2.05, 4.69) is 54.6 Å². The van der Waals surface area contributed by atoms with Gasteiger partial charge in [-0.2, -0.15) is 15.2 Å². The summed E-state index contributed by atoms with van der Waals surface area (Å²) in [5.41, 5.74) is 6.91. The Morgan fingerprint density at radius 3 is 2.28 bits per heavy atom. The third-order valence-corrected chi connectivity index (χ3v) is 4.92. The molecule has 0 saturated carbocycles.